The summed E-state index contributed by atoms with van der Waals surface area (Å²) in [5.41, 5.74) is 3.49. The quantitative estimate of drug-likeness (QED) is 0.534. The van der Waals surface area contributed by atoms with E-state index in [0.29, 0.717) is 26.1 Å². The van der Waals surface area contributed by atoms with Crippen molar-refractivity contribution in [3.63, 3.8) is 0 Å². The van der Waals surface area contributed by atoms with Crippen molar-refractivity contribution in [3.05, 3.63) is 52.5 Å². The smallest absolute Gasteiger partial charge is 0.231 e. The zero-order valence-electron chi connectivity index (χ0n) is 16.4. The van der Waals surface area contributed by atoms with Gasteiger partial charge in [-0.25, -0.2) is 0 Å². The standard InChI is InChI=1S/C22H25ClN2O3/c1-15-11-18(12-16(2)21(15)23)28-10-6-9-25-20-8-5-4-7-19(20)24(14-26)13-17(3)22(25)27/h4-5,7-8,11-12,14,17H,6,9-10,13H2,1-3H3. The highest BCUT2D eigenvalue weighted by molar-refractivity contribution is 6.32. The summed E-state index contributed by atoms with van der Waals surface area (Å²) in [7, 11) is 0. The Kier molecular flexibility index (Phi) is 6.25. The zero-order valence-corrected chi connectivity index (χ0v) is 17.2. The van der Waals surface area contributed by atoms with Gasteiger partial charge >= 0.3 is 0 Å². The van der Waals surface area contributed by atoms with Crippen LogP contribution in [0.25, 0.3) is 0 Å². The third kappa shape index (κ3) is 4.14. The number of hydrogen-bond acceptors (Lipinski definition) is 3. The first kappa shape index (κ1) is 20.2. The monoisotopic (exact) mass is 400 g/mol. The average molecular weight is 401 g/mol. The van der Waals surface area contributed by atoms with Crippen LogP contribution < -0.4 is 14.5 Å². The number of anilines is 2. The Bertz CT molecular complexity index is 861. The normalized spacial score (nSPS) is 16.6. The number of amides is 2. The van der Waals surface area contributed by atoms with E-state index in [1.54, 1.807) is 9.80 Å². The van der Waals surface area contributed by atoms with Crippen LogP contribution in [0.3, 0.4) is 0 Å². The lowest BCUT2D eigenvalue weighted by molar-refractivity contribution is -0.121. The number of halogens is 1. The van der Waals surface area contributed by atoms with E-state index in [4.69, 9.17) is 16.3 Å². The molecule has 0 aromatic heterocycles. The van der Waals surface area contributed by atoms with Gasteiger partial charge in [0.05, 0.1) is 23.9 Å². The molecule has 148 valence electrons. The van der Waals surface area contributed by atoms with Crippen LogP contribution >= 0.6 is 11.6 Å². The Balaban J connectivity index is 1.70. The summed E-state index contributed by atoms with van der Waals surface area (Å²) < 4.78 is 5.87. The second-order valence-electron chi connectivity index (χ2n) is 7.21. The molecule has 0 spiro atoms. The lowest BCUT2D eigenvalue weighted by Gasteiger charge is -2.24. The van der Waals surface area contributed by atoms with Gasteiger partial charge in [-0.15, -0.1) is 0 Å². The van der Waals surface area contributed by atoms with E-state index in [9.17, 15) is 9.59 Å². The van der Waals surface area contributed by atoms with E-state index in [1.165, 1.54) is 0 Å². The minimum absolute atomic E-state index is 0.0231. The van der Waals surface area contributed by atoms with Gasteiger partial charge in [0.1, 0.15) is 5.75 Å². The van der Waals surface area contributed by atoms with Crippen molar-refractivity contribution >= 4 is 35.3 Å². The third-order valence-corrected chi connectivity index (χ3v) is 5.57. The number of nitrogens with zero attached hydrogens (tertiary/aromatic N) is 2. The van der Waals surface area contributed by atoms with Gasteiger partial charge in [0.25, 0.3) is 0 Å². The van der Waals surface area contributed by atoms with Crippen molar-refractivity contribution in [1.82, 2.24) is 0 Å². The van der Waals surface area contributed by atoms with Gasteiger partial charge in [-0.05, 0) is 55.7 Å². The Hall–Kier alpha value is -2.53. The van der Waals surface area contributed by atoms with Crippen LogP contribution in [-0.4, -0.2) is 32.0 Å². The summed E-state index contributed by atoms with van der Waals surface area (Å²) in [6.07, 6.45) is 1.47. The first-order chi connectivity index (χ1) is 13.4. The highest BCUT2D eigenvalue weighted by Gasteiger charge is 2.30. The van der Waals surface area contributed by atoms with Crippen LogP contribution in [0.1, 0.15) is 24.5 Å². The summed E-state index contributed by atoms with van der Waals surface area (Å²) in [4.78, 5) is 27.8. The minimum atomic E-state index is -0.264. The van der Waals surface area contributed by atoms with E-state index in [2.05, 4.69) is 0 Å². The lowest BCUT2D eigenvalue weighted by Crippen LogP contribution is -2.37. The molecule has 0 radical (unpaired) electrons. The molecule has 1 aliphatic rings. The predicted octanol–water partition coefficient (Wildman–Crippen LogP) is 4.37. The van der Waals surface area contributed by atoms with Gasteiger partial charge in [0, 0.05) is 18.1 Å². The Morgan fingerprint density at radius 2 is 1.82 bits per heavy atom. The molecule has 3 rings (SSSR count). The van der Waals surface area contributed by atoms with Crippen LogP contribution in [0.15, 0.2) is 36.4 Å². The summed E-state index contributed by atoms with van der Waals surface area (Å²) in [6, 6.07) is 11.4. The first-order valence-corrected chi connectivity index (χ1v) is 9.82. The molecule has 0 fully saturated rings. The molecule has 1 atom stereocenters. The summed E-state index contributed by atoms with van der Waals surface area (Å²) >= 11 is 6.20. The SMILES string of the molecule is Cc1cc(OCCCN2C(=O)C(C)CN(C=O)c3ccccc32)cc(C)c1Cl. The zero-order chi connectivity index (χ0) is 20.3. The van der Waals surface area contributed by atoms with Crippen LogP contribution in [0.4, 0.5) is 11.4 Å². The fraction of sp³-hybridized carbons (Fsp3) is 0.364. The van der Waals surface area contributed by atoms with E-state index in [-0.39, 0.29) is 11.8 Å². The number of carbonyl (C=O) groups is 2. The maximum absolute atomic E-state index is 12.9. The van der Waals surface area contributed by atoms with Crippen molar-refractivity contribution in [3.8, 4) is 5.75 Å². The maximum atomic E-state index is 12.9. The Morgan fingerprint density at radius 1 is 1.18 bits per heavy atom. The number of carbonyl (C=O) groups excluding carboxylic acids is 2. The highest BCUT2D eigenvalue weighted by Crippen LogP contribution is 2.33. The molecule has 2 amide bonds. The second kappa shape index (κ2) is 8.65. The van der Waals surface area contributed by atoms with Gasteiger partial charge < -0.3 is 14.5 Å². The molecule has 0 N–H and O–H groups in total. The topological polar surface area (TPSA) is 49.9 Å². The molecule has 28 heavy (non-hydrogen) atoms. The van der Waals surface area contributed by atoms with Gasteiger partial charge in [0.2, 0.25) is 12.3 Å². The Morgan fingerprint density at radius 3 is 2.46 bits per heavy atom. The Labute approximate surface area is 170 Å². The predicted molar refractivity (Wildman–Crippen MR) is 112 cm³/mol. The molecular weight excluding hydrogens is 376 g/mol. The summed E-state index contributed by atoms with van der Waals surface area (Å²) in [5, 5.41) is 0.757. The summed E-state index contributed by atoms with van der Waals surface area (Å²) in [5.74, 6) is 0.539. The summed E-state index contributed by atoms with van der Waals surface area (Å²) in [6.45, 7) is 7.16. The first-order valence-electron chi connectivity index (χ1n) is 9.44. The molecular formula is C22H25ClN2O3. The second-order valence-corrected chi connectivity index (χ2v) is 7.59. The van der Waals surface area contributed by atoms with Crippen LogP contribution in [0, 0.1) is 19.8 Å². The molecule has 6 heteroatoms. The molecule has 0 aliphatic carbocycles. The van der Waals surface area contributed by atoms with E-state index in [1.807, 2.05) is 57.2 Å². The number of fused-ring (bicyclic) bond motifs is 1. The number of para-hydroxylation sites is 2. The number of benzene rings is 2. The van der Waals surface area contributed by atoms with Gasteiger partial charge in [-0.1, -0.05) is 30.7 Å². The van der Waals surface area contributed by atoms with E-state index >= 15 is 0 Å². The highest BCUT2D eigenvalue weighted by atomic mass is 35.5. The van der Waals surface area contributed by atoms with Crippen molar-refractivity contribution in [2.24, 2.45) is 5.92 Å². The fourth-order valence-electron chi connectivity index (χ4n) is 3.52. The van der Waals surface area contributed by atoms with Crippen molar-refractivity contribution in [2.45, 2.75) is 27.2 Å². The molecule has 5 nitrogen and oxygen atoms in total. The number of rotatable bonds is 6. The number of aryl methyl sites for hydroxylation is 2. The van der Waals surface area contributed by atoms with Gasteiger partial charge in [-0.2, -0.15) is 0 Å². The minimum Gasteiger partial charge on any atom is -0.494 e. The number of hydrogen-bond donors (Lipinski definition) is 0. The molecule has 0 saturated carbocycles. The van der Waals surface area contributed by atoms with Crippen molar-refractivity contribution < 1.29 is 14.3 Å². The molecule has 2 aromatic rings. The largest absolute Gasteiger partial charge is 0.494 e. The lowest BCUT2D eigenvalue weighted by atomic mass is 10.1. The van der Waals surface area contributed by atoms with Crippen LogP contribution in [0.5, 0.6) is 5.75 Å². The molecule has 1 aliphatic heterocycles. The van der Waals surface area contributed by atoms with Gasteiger partial charge in [-0.3, -0.25) is 9.59 Å². The van der Waals surface area contributed by atoms with Gasteiger partial charge in [0.15, 0.2) is 0 Å². The van der Waals surface area contributed by atoms with Crippen molar-refractivity contribution in [2.75, 3.05) is 29.5 Å². The third-order valence-electron chi connectivity index (χ3n) is 4.97. The fourth-order valence-corrected chi connectivity index (χ4v) is 3.63. The van der Waals surface area contributed by atoms with E-state index < -0.39 is 0 Å². The molecule has 1 unspecified atom stereocenters. The van der Waals surface area contributed by atoms with E-state index in [0.717, 1.165) is 39.7 Å². The van der Waals surface area contributed by atoms with Crippen LogP contribution in [-0.2, 0) is 9.59 Å². The van der Waals surface area contributed by atoms with Crippen molar-refractivity contribution in [1.29, 1.82) is 0 Å². The molecule has 2 aromatic carbocycles. The average Bonchev–Trinajstić information content (AvgIpc) is 2.79. The van der Waals surface area contributed by atoms with Crippen LogP contribution in [0.2, 0.25) is 5.02 Å². The molecule has 0 bridgehead atoms. The number of ether oxygens (including phenoxy) is 1. The maximum Gasteiger partial charge on any atom is 0.231 e. The molecule has 1 heterocycles. The molecule has 0 saturated heterocycles.